The van der Waals surface area contributed by atoms with Gasteiger partial charge in [0.05, 0.1) is 11.4 Å². The van der Waals surface area contributed by atoms with E-state index in [1.807, 2.05) is 0 Å². The molecule has 0 N–H and O–H groups in total. The molecule has 52 heavy (non-hydrogen) atoms. The molecule has 2 heteroatoms. The number of fused-ring (bicyclic) bond motifs is 3. The third-order valence-corrected chi connectivity index (χ3v) is 10.8. The summed E-state index contributed by atoms with van der Waals surface area (Å²) in [6.45, 7) is 9.03. The number of benzene rings is 8. The zero-order chi connectivity index (χ0) is 35.6. The molecule has 0 radical (unpaired) electrons. The normalized spacial score (nSPS) is 11.4. The second-order valence-electron chi connectivity index (χ2n) is 13.7. The molecule has 0 fully saturated rings. The molecule has 0 saturated heterocycles. The van der Waals surface area contributed by atoms with Crippen LogP contribution in [0.2, 0.25) is 0 Å². The lowest BCUT2D eigenvalue weighted by Gasteiger charge is -2.30. The Bertz CT molecular complexity index is 2370. The Labute approximate surface area is 308 Å². The van der Waals surface area contributed by atoms with Crippen molar-refractivity contribution in [3.8, 4) is 0 Å². The van der Waals surface area contributed by atoms with Crippen molar-refractivity contribution in [3.05, 3.63) is 180 Å². The van der Waals surface area contributed by atoms with Crippen LogP contribution in [0.15, 0.2) is 158 Å². The Morgan fingerprint density at radius 2 is 0.673 bits per heavy atom. The van der Waals surface area contributed by atoms with E-state index < -0.39 is 0 Å². The second kappa shape index (κ2) is 14.4. The van der Waals surface area contributed by atoms with Crippen molar-refractivity contribution in [1.29, 1.82) is 0 Å². The molecule has 0 unspecified atom stereocenters. The van der Waals surface area contributed by atoms with Gasteiger partial charge in [-0.1, -0.05) is 125 Å². The first-order chi connectivity index (χ1) is 25.6. The van der Waals surface area contributed by atoms with Crippen LogP contribution in [0.5, 0.6) is 0 Å². The maximum Gasteiger partial charge on any atom is 0.0540 e. The van der Waals surface area contributed by atoms with Gasteiger partial charge in [-0.25, -0.2) is 0 Å². The summed E-state index contributed by atoms with van der Waals surface area (Å²) in [6.07, 6.45) is 4.06. The summed E-state index contributed by atoms with van der Waals surface area (Å²) in [7, 11) is 0. The third kappa shape index (κ3) is 6.09. The van der Waals surface area contributed by atoms with Crippen LogP contribution in [0.25, 0.3) is 32.3 Å². The van der Waals surface area contributed by atoms with Crippen LogP contribution in [0, 0.1) is 0 Å². The van der Waals surface area contributed by atoms with Crippen LogP contribution in [0.3, 0.4) is 0 Å². The number of hydrogen-bond acceptors (Lipinski definition) is 2. The van der Waals surface area contributed by atoms with Gasteiger partial charge >= 0.3 is 0 Å². The number of anilines is 6. The molecule has 0 aromatic heterocycles. The van der Waals surface area contributed by atoms with Crippen molar-refractivity contribution in [2.24, 2.45) is 0 Å². The van der Waals surface area contributed by atoms with E-state index in [1.54, 1.807) is 0 Å². The summed E-state index contributed by atoms with van der Waals surface area (Å²) in [5.74, 6) is 0. The molecule has 2 nitrogen and oxygen atoms in total. The molecule has 256 valence electrons. The maximum absolute atomic E-state index is 2.46. The zero-order valence-electron chi connectivity index (χ0n) is 30.7. The van der Waals surface area contributed by atoms with Crippen molar-refractivity contribution in [2.45, 2.75) is 53.4 Å². The minimum absolute atomic E-state index is 1.000. The van der Waals surface area contributed by atoms with E-state index in [0.717, 1.165) is 48.4 Å². The van der Waals surface area contributed by atoms with Crippen LogP contribution < -0.4 is 9.80 Å². The summed E-state index contributed by atoms with van der Waals surface area (Å²) in [5, 5.41) is 7.37. The van der Waals surface area contributed by atoms with E-state index in [1.165, 1.54) is 65.9 Å². The molecule has 0 amide bonds. The van der Waals surface area contributed by atoms with Crippen LogP contribution >= 0.6 is 0 Å². The average Bonchev–Trinajstić information content (AvgIpc) is 3.21. The highest BCUT2D eigenvalue weighted by Gasteiger charge is 2.21. The van der Waals surface area contributed by atoms with Crippen LogP contribution in [-0.4, -0.2) is 0 Å². The largest absolute Gasteiger partial charge is 0.310 e. The molecule has 0 bridgehead atoms. The smallest absolute Gasteiger partial charge is 0.0540 e. The molecule has 8 rings (SSSR count). The fourth-order valence-electron chi connectivity index (χ4n) is 8.00. The Morgan fingerprint density at radius 1 is 0.308 bits per heavy atom. The van der Waals surface area contributed by atoms with Gasteiger partial charge in [0, 0.05) is 33.5 Å². The Morgan fingerprint density at radius 3 is 1.08 bits per heavy atom. The summed E-state index contributed by atoms with van der Waals surface area (Å²) in [4.78, 5) is 4.92. The average molecular weight is 675 g/mol. The van der Waals surface area contributed by atoms with E-state index in [4.69, 9.17) is 0 Å². The monoisotopic (exact) mass is 674 g/mol. The van der Waals surface area contributed by atoms with Crippen molar-refractivity contribution < 1.29 is 0 Å². The van der Waals surface area contributed by atoms with Gasteiger partial charge in [0.25, 0.3) is 0 Å². The Hall–Kier alpha value is -5.86. The molecule has 8 aromatic rings. The van der Waals surface area contributed by atoms with Gasteiger partial charge in [-0.15, -0.1) is 0 Å². The molecule has 8 aromatic carbocycles. The van der Waals surface area contributed by atoms with Gasteiger partial charge in [0.2, 0.25) is 0 Å². The number of aryl methyl sites for hydroxylation is 4. The van der Waals surface area contributed by atoms with E-state index in [-0.39, 0.29) is 0 Å². The highest BCUT2D eigenvalue weighted by Crippen LogP contribution is 2.45. The predicted octanol–water partition coefficient (Wildman–Crippen LogP) is 14.3. The topological polar surface area (TPSA) is 6.48 Å². The molecule has 0 atom stereocenters. The highest BCUT2D eigenvalue weighted by molar-refractivity contribution is 6.07. The van der Waals surface area contributed by atoms with E-state index in [2.05, 4.69) is 195 Å². The highest BCUT2D eigenvalue weighted by atomic mass is 15.2. The lowest BCUT2D eigenvalue weighted by atomic mass is 9.99. The molecular weight excluding hydrogens is 629 g/mol. The summed E-state index contributed by atoms with van der Waals surface area (Å²) < 4.78 is 0. The molecular formula is C50H46N2. The minimum Gasteiger partial charge on any atom is -0.310 e. The van der Waals surface area contributed by atoms with Crippen molar-refractivity contribution in [3.63, 3.8) is 0 Å². The van der Waals surface area contributed by atoms with E-state index in [9.17, 15) is 0 Å². The number of rotatable bonds is 10. The van der Waals surface area contributed by atoms with Crippen LogP contribution in [-0.2, 0) is 25.7 Å². The van der Waals surface area contributed by atoms with Crippen molar-refractivity contribution in [1.82, 2.24) is 0 Å². The second-order valence-corrected chi connectivity index (χ2v) is 13.7. The molecule has 0 aliphatic carbocycles. The Balaban J connectivity index is 1.37. The van der Waals surface area contributed by atoms with Gasteiger partial charge in [0.1, 0.15) is 0 Å². The number of nitrogens with zero attached hydrogens (tertiary/aromatic N) is 2. The fourth-order valence-corrected chi connectivity index (χ4v) is 8.00. The molecule has 0 aliphatic rings. The first kappa shape index (κ1) is 33.3. The molecule has 0 saturated carbocycles. The van der Waals surface area contributed by atoms with Gasteiger partial charge in [-0.3, -0.25) is 0 Å². The van der Waals surface area contributed by atoms with Crippen LogP contribution in [0.4, 0.5) is 34.1 Å². The molecule has 0 heterocycles. The van der Waals surface area contributed by atoms with Gasteiger partial charge in [-0.2, -0.15) is 0 Å². The SMILES string of the molecule is CCc1ccc(N(c2ccc3ccccc3c2)c2cccc3c(N(c4ccc(CC)c(CC)c4)c4ccc5ccccc5c4)cccc23)cc1CC. The summed E-state index contributed by atoms with van der Waals surface area (Å²) >= 11 is 0. The minimum atomic E-state index is 1.000. The third-order valence-electron chi connectivity index (χ3n) is 10.8. The van der Waals surface area contributed by atoms with E-state index >= 15 is 0 Å². The standard InChI is InChI=1S/C50H46N2/c1-5-35-23-27-43(31-37(35)7-3)51(45-29-25-39-15-9-11-17-41(39)33-45)49-21-13-20-48-47(49)19-14-22-50(48)52(44-28-24-36(6-2)38(8-4)32-44)46-30-26-40-16-10-12-18-42(40)34-46/h9-34H,5-8H2,1-4H3. The number of hydrogen-bond donors (Lipinski definition) is 0. The maximum atomic E-state index is 2.46. The summed E-state index contributed by atoms with van der Waals surface area (Å²) in [5.41, 5.74) is 12.6. The van der Waals surface area contributed by atoms with Crippen molar-refractivity contribution in [2.75, 3.05) is 9.80 Å². The molecule has 0 spiro atoms. The lowest BCUT2D eigenvalue weighted by molar-refractivity contribution is 1.03. The van der Waals surface area contributed by atoms with Gasteiger partial charge in [0.15, 0.2) is 0 Å². The van der Waals surface area contributed by atoms with E-state index in [0.29, 0.717) is 0 Å². The molecule has 0 aliphatic heterocycles. The quantitative estimate of drug-likeness (QED) is 0.142. The fraction of sp³-hybridized carbons (Fsp3) is 0.160. The first-order valence-electron chi connectivity index (χ1n) is 18.9. The van der Waals surface area contributed by atoms with Crippen LogP contribution in [0.1, 0.15) is 49.9 Å². The van der Waals surface area contributed by atoms with Crippen molar-refractivity contribution >= 4 is 66.4 Å². The Kier molecular flexibility index (Phi) is 9.22. The summed E-state index contributed by atoms with van der Waals surface area (Å²) in [6, 6.07) is 58.7. The lowest BCUT2D eigenvalue weighted by Crippen LogP contribution is -2.13. The first-order valence-corrected chi connectivity index (χ1v) is 18.9. The van der Waals surface area contributed by atoms with Gasteiger partial charge in [-0.05, 0) is 130 Å². The zero-order valence-corrected chi connectivity index (χ0v) is 30.7. The predicted molar refractivity (Wildman–Crippen MR) is 226 cm³/mol. The van der Waals surface area contributed by atoms with Gasteiger partial charge < -0.3 is 9.80 Å².